The standard InChI is InChI=1S/C10H18N2O2/c13-7-10(4-5-10)12-8-3-1-2-6-11-9(8)14/h8,12-13H,1-7H2,(H,11,14). The molecule has 1 unspecified atom stereocenters. The molecule has 4 heteroatoms. The zero-order valence-electron chi connectivity index (χ0n) is 8.38. The van der Waals surface area contributed by atoms with Crippen LogP contribution in [0.25, 0.3) is 0 Å². The molecule has 2 fully saturated rings. The molecule has 1 atom stereocenters. The van der Waals surface area contributed by atoms with Crippen LogP contribution in [0, 0.1) is 0 Å². The van der Waals surface area contributed by atoms with Crippen LogP contribution in [0.2, 0.25) is 0 Å². The minimum atomic E-state index is -0.133. The first-order chi connectivity index (χ1) is 6.76. The lowest BCUT2D eigenvalue weighted by molar-refractivity contribution is -0.123. The van der Waals surface area contributed by atoms with Crippen molar-refractivity contribution in [1.82, 2.24) is 10.6 Å². The number of nitrogens with one attached hydrogen (secondary N) is 2. The summed E-state index contributed by atoms with van der Waals surface area (Å²) in [4.78, 5) is 11.6. The number of hydrogen-bond donors (Lipinski definition) is 3. The van der Waals surface area contributed by atoms with Gasteiger partial charge in [-0.1, -0.05) is 0 Å². The van der Waals surface area contributed by atoms with E-state index in [1.165, 1.54) is 0 Å². The number of aliphatic hydroxyl groups is 1. The molecule has 4 nitrogen and oxygen atoms in total. The lowest BCUT2D eigenvalue weighted by atomic mass is 10.1. The highest BCUT2D eigenvalue weighted by Gasteiger charge is 2.44. The maximum Gasteiger partial charge on any atom is 0.237 e. The summed E-state index contributed by atoms with van der Waals surface area (Å²) in [7, 11) is 0. The molecule has 80 valence electrons. The molecule has 1 saturated heterocycles. The number of amides is 1. The topological polar surface area (TPSA) is 61.4 Å². The van der Waals surface area contributed by atoms with Crippen LogP contribution >= 0.6 is 0 Å². The number of hydrogen-bond acceptors (Lipinski definition) is 3. The fourth-order valence-corrected chi connectivity index (χ4v) is 1.95. The highest BCUT2D eigenvalue weighted by Crippen LogP contribution is 2.35. The van der Waals surface area contributed by atoms with Gasteiger partial charge in [-0.05, 0) is 32.1 Å². The highest BCUT2D eigenvalue weighted by molar-refractivity contribution is 5.82. The molecule has 0 aromatic heterocycles. The van der Waals surface area contributed by atoms with Crippen LogP contribution in [0.15, 0.2) is 0 Å². The molecule has 3 N–H and O–H groups in total. The molecule has 1 aliphatic heterocycles. The Bertz CT molecular complexity index is 226. The number of aliphatic hydroxyl groups excluding tert-OH is 1. The molecule has 0 aromatic rings. The number of carbonyl (C=O) groups excluding carboxylic acids is 1. The van der Waals surface area contributed by atoms with Crippen LogP contribution < -0.4 is 10.6 Å². The van der Waals surface area contributed by atoms with Crippen LogP contribution in [0.5, 0.6) is 0 Å². The van der Waals surface area contributed by atoms with E-state index in [0.29, 0.717) is 0 Å². The predicted octanol–water partition coefficient (Wildman–Crippen LogP) is -0.230. The zero-order valence-corrected chi connectivity index (χ0v) is 8.38. The van der Waals surface area contributed by atoms with Crippen molar-refractivity contribution in [3.63, 3.8) is 0 Å². The van der Waals surface area contributed by atoms with E-state index in [-0.39, 0.29) is 24.1 Å². The van der Waals surface area contributed by atoms with Crippen molar-refractivity contribution in [2.24, 2.45) is 0 Å². The van der Waals surface area contributed by atoms with Gasteiger partial charge in [0.25, 0.3) is 0 Å². The second-order valence-electron chi connectivity index (χ2n) is 4.42. The van der Waals surface area contributed by atoms with E-state index in [2.05, 4.69) is 10.6 Å². The van der Waals surface area contributed by atoms with Gasteiger partial charge in [-0.3, -0.25) is 10.1 Å². The van der Waals surface area contributed by atoms with Crippen molar-refractivity contribution < 1.29 is 9.90 Å². The van der Waals surface area contributed by atoms with Crippen molar-refractivity contribution in [2.45, 2.75) is 43.7 Å². The molecule has 1 aliphatic carbocycles. The molecular formula is C10H18N2O2. The Morgan fingerprint density at radius 1 is 1.50 bits per heavy atom. The normalized spacial score (nSPS) is 30.6. The average molecular weight is 198 g/mol. The lowest BCUT2D eigenvalue weighted by Crippen LogP contribution is -2.49. The Morgan fingerprint density at radius 3 is 2.93 bits per heavy atom. The SMILES string of the molecule is O=C1NCCCCC1NC1(CO)CC1. The van der Waals surface area contributed by atoms with E-state index in [4.69, 9.17) is 5.11 Å². The summed E-state index contributed by atoms with van der Waals surface area (Å²) >= 11 is 0. The largest absolute Gasteiger partial charge is 0.394 e. The summed E-state index contributed by atoms with van der Waals surface area (Å²) in [6.45, 7) is 0.944. The van der Waals surface area contributed by atoms with Gasteiger partial charge in [-0.25, -0.2) is 0 Å². The maximum atomic E-state index is 11.6. The monoisotopic (exact) mass is 198 g/mol. The molecule has 1 heterocycles. The van der Waals surface area contributed by atoms with Crippen molar-refractivity contribution in [3.8, 4) is 0 Å². The van der Waals surface area contributed by atoms with Gasteiger partial charge in [-0.2, -0.15) is 0 Å². The lowest BCUT2D eigenvalue weighted by Gasteiger charge is -2.21. The average Bonchev–Trinajstić information content (AvgIpc) is 2.97. The second kappa shape index (κ2) is 3.87. The first-order valence-corrected chi connectivity index (χ1v) is 5.42. The number of rotatable bonds is 3. The summed E-state index contributed by atoms with van der Waals surface area (Å²) in [6, 6.07) is -0.0906. The Morgan fingerprint density at radius 2 is 2.29 bits per heavy atom. The summed E-state index contributed by atoms with van der Waals surface area (Å²) < 4.78 is 0. The van der Waals surface area contributed by atoms with Gasteiger partial charge in [0, 0.05) is 12.1 Å². The molecule has 2 rings (SSSR count). The second-order valence-corrected chi connectivity index (χ2v) is 4.42. The molecular weight excluding hydrogens is 180 g/mol. The Balaban J connectivity index is 1.91. The van der Waals surface area contributed by atoms with Crippen LogP contribution in [-0.2, 0) is 4.79 Å². The zero-order chi connectivity index (χ0) is 10.0. The first-order valence-electron chi connectivity index (χ1n) is 5.42. The third-order valence-electron chi connectivity index (χ3n) is 3.17. The fraction of sp³-hybridized carbons (Fsp3) is 0.900. The van der Waals surface area contributed by atoms with Gasteiger partial charge in [0.05, 0.1) is 12.6 Å². The summed E-state index contributed by atoms with van der Waals surface area (Å²) in [5.41, 5.74) is -0.133. The Labute approximate surface area is 84.1 Å². The molecule has 0 aromatic carbocycles. The van der Waals surface area contributed by atoms with E-state index in [9.17, 15) is 4.79 Å². The molecule has 0 radical (unpaired) electrons. The molecule has 0 bridgehead atoms. The summed E-state index contributed by atoms with van der Waals surface area (Å²) in [6.07, 6.45) is 5.03. The molecule has 2 aliphatic rings. The van der Waals surface area contributed by atoms with E-state index >= 15 is 0 Å². The Kier molecular flexibility index (Phi) is 2.74. The molecule has 1 amide bonds. The first kappa shape index (κ1) is 9.93. The van der Waals surface area contributed by atoms with Gasteiger partial charge in [-0.15, -0.1) is 0 Å². The summed E-state index contributed by atoms with van der Waals surface area (Å²) in [5, 5.41) is 15.3. The Hall–Kier alpha value is -0.610. The van der Waals surface area contributed by atoms with E-state index < -0.39 is 0 Å². The number of carbonyl (C=O) groups is 1. The van der Waals surface area contributed by atoms with E-state index in [1.807, 2.05) is 0 Å². The minimum Gasteiger partial charge on any atom is -0.394 e. The van der Waals surface area contributed by atoms with Gasteiger partial charge in [0.2, 0.25) is 5.91 Å². The quantitative estimate of drug-likeness (QED) is 0.587. The van der Waals surface area contributed by atoms with Gasteiger partial charge < -0.3 is 10.4 Å². The van der Waals surface area contributed by atoms with Gasteiger partial charge in [0.1, 0.15) is 0 Å². The van der Waals surface area contributed by atoms with Crippen molar-refractivity contribution in [3.05, 3.63) is 0 Å². The van der Waals surface area contributed by atoms with Gasteiger partial charge in [0.15, 0.2) is 0 Å². The summed E-state index contributed by atoms with van der Waals surface area (Å²) in [5.74, 6) is 0.0993. The van der Waals surface area contributed by atoms with Crippen molar-refractivity contribution in [2.75, 3.05) is 13.2 Å². The predicted molar refractivity (Wildman–Crippen MR) is 52.8 cm³/mol. The van der Waals surface area contributed by atoms with Crippen LogP contribution in [0.4, 0.5) is 0 Å². The van der Waals surface area contributed by atoms with E-state index in [0.717, 1.165) is 38.6 Å². The van der Waals surface area contributed by atoms with Crippen LogP contribution in [0.1, 0.15) is 32.1 Å². The highest BCUT2D eigenvalue weighted by atomic mass is 16.3. The van der Waals surface area contributed by atoms with Crippen molar-refractivity contribution >= 4 is 5.91 Å². The van der Waals surface area contributed by atoms with Crippen LogP contribution in [0.3, 0.4) is 0 Å². The van der Waals surface area contributed by atoms with E-state index in [1.54, 1.807) is 0 Å². The van der Waals surface area contributed by atoms with Gasteiger partial charge >= 0.3 is 0 Å². The van der Waals surface area contributed by atoms with Crippen molar-refractivity contribution in [1.29, 1.82) is 0 Å². The third kappa shape index (κ3) is 2.07. The molecule has 14 heavy (non-hydrogen) atoms. The fourth-order valence-electron chi connectivity index (χ4n) is 1.95. The molecule has 1 saturated carbocycles. The van der Waals surface area contributed by atoms with Crippen LogP contribution in [-0.4, -0.2) is 35.7 Å². The maximum absolute atomic E-state index is 11.6. The molecule has 0 spiro atoms. The third-order valence-corrected chi connectivity index (χ3v) is 3.17. The minimum absolute atomic E-state index is 0.0906. The smallest absolute Gasteiger partial charge is 0.237 e.